The molecule has 1 saturated carbocycles. The molecule has 2 aromatic heterocycles. The summed E-state index contributed by atoms with van der Waals surface area (Å²) in [6, 6.07) is 8.22. The molecule has 3 heterocycles. The lowest BCUT2D eigenvalue weighted by molar-refractivity contribution is -0.128. The SMILES string of the molecule is C[C@H]1COCCN1c1cc(C2(S(=O)(=O)CCCOC(F)F)CC2)nc(-c2ccc(NC(=O)Nc3cnn(C)c3)cc2)n1. The number of nitrogens with one attached hydrogen (secondary N) is 2. The number of hydrogen-bond donors (Lipinski definition) is 2. The number of carbonyl (C=O) groups is 1. The number of alkyl halides is 2. The van der Waals surface area contributed by atoms with Crippen molar-refractivity contribution in [3.63, 3.8) is 0 Å². The highest BCUT2D eigenvalue weighted by molar-refractivity contribution is 7.92. The van der Waals surface area contributed by atoms with Crippen LogP contribution in [0.3, 0.4) is 0 Å². The van der Waals surface area contributed by atoms with Gasteiger partial charge in [-0.1, -0.05) is 0 Å². The van der Waals surface area contributed by atoms with Crippen LogP contribution in [0.1, 0.15) is 31.9 Å². The molecule has 2 N–H and O–H groups in total. The number of aryl methyl sites for hydroxylation is 1. The van der Waals surface area contributed by atoms with Gasteiger partial charge in [0.15, 0.2) is 15.7 Å². The Labute approximate surface area is 242 Å². The molecule has 12 nitrogen and oxygen atoms in total. The van der Waals surface area contributed by atoms with Gasteiger partial charge in [0.05, 0.1) is 49.2 Å². The molecule has 15 heteroatoms. The van der Waals surface area contributed by atoms with Gasteiger partial charge in [0, 0.05) is 37.1 Å². The number of urea groups is 1. The van der Waals surface area contributed by atoms with Gasteiger partial charge in [0.25, 0.3) is 0 Å². The molecule has 5 rings (SSSR count). The number of rotatable bonds is 11. The zero-order valence-corrected chi connectivity index (χ0v) is 24.1. The van der Waals surface area contributed by atoms with Crippen molar-refractivity contribution in [2.75, 3.05) is 47.7 Å². The third-order valence-corrected chi connectivity index (χ3v) is 9.94. The molecule has 1 atom stereocenters. The maximum atomic E-state index is 13.5. The predicted octanol–water partition coefficient (Wildman–Crippen LogP) is 3.78. The van der Waals surface area contributed by atoms with Crippen molar-refractivity contribution in [3.8, 4) is 11.4 Å². The van der Waals surface area contributed by atoms with Crippen molar-refractivity contribution in [2.45, 2.75) is 43.6 Å². The highest BCUT2D eigenvalue weighted by atomic mass is 32.2. The third-order valence-electron chi connectivity index (χ3n) is 7.31. The summed E-state index contributed by atoms with van der Waals surface area (Å²) in [5.41, 5.74) is 2.10. The monoisotopic (exact) mass is 605 g/mol. The van der Waals surface area contributed by atoms with Gasteiger partial charge in [0.2, 0.25) is 0 Å². The Morgan fingerprint density at radius 1 is 1.19 bits per heavy atom. The largest absolute Gasteiger partial charge is 0.377 e. The Bertz CT molecular complexity index is 1510. The van der Waals surface area contributed by atoms with Crippen LogP contribution >= 0.6 is 0 Å². The number of nitrogens with zero attached hydrogens (tertiary/aromatic N) is 5. The minimum absolute atomic E-state index is 0.0116. The van der Waals surface area contributed by atoms with E-state index in [1.807, 2.05) is 6.92 Å². The van der Waals surface area contributed by atoms with E-state index in [0.717, 1.165) is 0 Å². The van der Waals surface area contributed by atoms with Crippen molar-refractivity contribution in [1.29, 1.82) is 0 Å². The number of amides is 2. The van der Waals surface area contributed by atoms with Gasteiger partial charge in [0.1, 0.15) is 10.6 Å². The molecule has 226 valence electrons. The van der Waals surface area contributed by atoms with Gasteiger partial charge in [-0.25, -0.2) is 23.2 Å². The van der Waals surface area contributed by atoms with Crippen molar-refractivity contribution < 1.29 is 31.5 Å². The van der Waals surface area contributed by atoms with E-state index in [0.29, 0.717) is 66.9 Å². The van der Waals surface area contributed by atoms with E-state index in [1.165, 1.54) is 6.20 Å². The summed E-state index contributed by atoms with van der Waals surface area (Å²) in [7, 11) is -1.98. The van der Waals surface area contributed by atoms with Crippen molar-refractivity contribution in [3.05, 3.63) is 48.4 Å². The van der Waals surface area contributed by atoms with Crippen LogP contribution in [0.4, 0.5) is 30.8 Å². The number of morpholine rings is 1. The van der Waals surface area contributed by atoms with Crippen LogP contribution < -0.4 is 15.5 Å². The summed E-state index contributed by atoms with van der Waals surface area (Å²) in [5, 5.41) is 9.47. The second kappa shape index (κ2) is 12.3. The molecule has 0 bridgehead atoms. The van der Waals surface area contributed by atoms with E-state index in [1.54, 1.807) is 48.3 Å². The fourth-order valence-electron chi connectivity index (χ4n) is 4.95. The van der Waals surface area contributed by atoms with Crippen LogP contribution in [0.25, 0.3) is 11.4 Å². The highest BCUT2D eigenvalue weighted by Gasteiger charge is 2.57. The van der Waals surface area contributed by atoms with Gasteiger partial charge < -0.3 is 25.0 Å². The zero-order chi connectivity index (χ0) is 29.9. The maximum Gasteiger partial charge on any atom is 0.345 e. The topological polar surface area (TPSA) is 141 Å². The molecule has 0 spiro atoms. The smallest absolute Gasteiger partial charge is 0.345 e. The van der Waals surface area contributed by atoms with Crippen LogP contribution in [0.5, 0.6) is 0 Å². The molecule has 1 aromatic carbocycles. The van der Waals surface area contributed by atoms with Crippen LogP contribution in [0.2, 0.25) is 0 Å². The molecule has 1 aliphatic heterocycles. The molecule has 42 heavy (non-hydrogen) atoms. The van der Waals surface area contributed by atoms with Crippen molar-refractivity contribution in [2.24, 2.45) is 7.05 Å². The number of ether oxygens (including phenoxy) is 2. The van der Waals surface area contributed by atoms with Gasteiger partial charge in [-0.2, -0.15) is 13.9 Å². The first-order valence-electron chi connectivity index (χ1n) is 13.6. The first kappa shape index (κ1) is 29.8. The fourth-order valence-corrected chi connectivity index (χ4v) is 6.99. The molecule has 2 amide bonds. The molecule has 2 fully saturated rings. The number of benzene rings is 1. The summed E-state index contributed by atoms with van der Waals surface area (Å²) in [6.07, 6.45) is 3.93. The molecular formula is C27H33F2N7O5S. The lowest BCUT2D eigenvalue weighted by atomic mass is 10.1. The van der Waals surface area contributed by atoms with E-state index >= 15 is 0 Å². The average Bonchev–Trinajstić information content (AvgIpc) is 3.69. The summed E-state index contributed by atoms with van der Waals surface area (Å²) in [6.45, 7) is 0.306. The van der Waals surface area contributed by atoms with Crippen molar-refractivity contribution in [1.82, 2.24) is 19.7 Å². The number of carbonyl (C=O) groups excluding carboxylic acids is 1. The Morgan fingerprint density at radius 3 is 2.57 bits per heavy atom. The molecular weight excluding hydrogens is 572 g/mol. The predicted molar refractivity (Wildman–Crippen MR) is 152 cm³/mol. The summed E-state index contributed by atoms with van der Waals surface area (Å²) in [5.74, 6) is 0.644. The van der Waals surface area contributed by atoms with Crippen molar-refractivity contribution >= 4 is 33.1 Å². The normalized spacial score (nSPS) is 18.2. The number of sulfone groups is 1. The zero-order valence-electron chi connectivity index (χ0n) is 23.3. The van der Waals surface area contributed by atoms with Gasteiger partial charge in [-0.15, -0.1) is 0 Å². The Kier molecular flexibility index (Phi) is 8.70. The second-order valence-corrected chi connectivity index (χ2v) is 12.8. The maximum absolute atomic E-state index is 13.5. The third kappa shape index (κ3) is 6.68. The average molecular weight is 606 g/mol. The molecule has 0 unspecified atom stereocenters. The highest BCUT2D eigenvalue weighted by Crippen LogP contribution is 2.53. The summed E-state index contributed by atoms with van der Waals surface area (Å²) < 4.78 is 61.8. The minimum atomic E-state index is -3.72. The fraction of sp³-hybridized carbons (Fsp3) is 0.481. The quantitative estimate of drug-likeness (QED) is 0.313. The molecule has 1 aliphatic carbocycles. The van der Waals surface area contributed by atoms with E-state index in [9.17, 15) is 22.0 Å². The van der Waals surface area contributed by atoms with Crippen LogP contribution in [0, 0.1) is 0 Å². The van der Waals surface area contributed by atoms with Gasteiger partial charge in [-0.05, 0) is 50.5 Å². The molecule has 2 aliphatic rings. The first-order chi connectivity index (χ1) is 20.1. The van der Waals surface area contributed by atoms with E-state index in [-0.39, 0.29) is 24.8 Å². The Morgan fingerprint density at radius 2 is 1.93 bits per heavy atom. The van der Waals surface area contributed by atoms with E-state index in [2.05, 4.69) is 25.4 Å². The first-order valence-corrected chi connectivity index (χ1v) is 15.2. The van der Waals surface area contributed by atoms with Gasteiger partial charge >= 0.3 is 12.6 Å². The molecule has 1 saturated heterocycles. The standard InChI is InChI=1S/C27H33F2N7O5S/c1-18-17-40-12-10-36(18)23-14-22(27(8-9-27)42(38,39)13-3-11-41-25(28)29)33-24(34-23)19-4-6-20(7-5-19)31-26(37)32-21-15-30-35(2)16-21/h4-7,14-16,18,25H,3,8-13,17H2,1-2H3,(H2,31,32,37)/t18-/m0/s1. The molecule has 0 radical (unpaired) electrons. The number of halogens is 2. The minimum Gasteiger partial charge on any atom is -0.377 e. The second-order valence-electron chi connectivity index (χ2n) is 10.4. The number of hydrogen-bond acceptors (Lipinski definition) is 9. The van der Waals surface area contributed by atoms with E-state index < -0.39 is 27.2 Å². The van der Waals surface area contributed by atoms with Crippen LogP contribution in [-0.2, 0) is 31.1 Å². The molecule has 3 aromatic rings. The Balaban J connectivity index is 1.40. The van der Waals surface area contributed by atoms with Crippen LogP contribution in [-0.4, -0.2) is 79.0 Å². The Hall–Kier alpha value is -3.69. The van der Waals surface area contributed by atoms with Crippen LogP contribution in [0.15, 0.2) is 42.7 Å². The number of anilines is 3. The number of aromatic nitrogens is 4. The lowest BCUT2D eigenvalue weighted by Crippen LogP contribution is -2.44. The summed E-state index contributed by atoms with van der Waals surface area (Å²) in [4.78, 5) is 24.0. The van der Waals surface area contributed by atoms with E-state index in [4.69, 9.17) is 14.7 Å². The van der Waals surface area contributed by atoms with Gasteiger partial charge in [-0.3, -0.25) is 4.68 Å². The summed E-state index contributed by atoms with van der Waals surface area (Å²) >= 11 is 0. The lowest BCUT2D eigenvalue weighted by Gasteiger charge is -2.34.